The molecule has 8 N–H and O–H groups in total. The summed E-state index contributed by atoms with van der Waals surface area (Å²) >= 11 is 0. The lowest BCUT2D eigenvalue weighted by Gasteiger charge is -2.07. The maximum Gasteiger partial charge on any atom is 0.0394 e. The Morgan fingerprint density at radius 1 is 0.462 bits per heavy atom. The Morgan fingerprint density at radius 2 is 0.769 bits per heavy atom. The predicted molar refractivity (Wildman–Crippen MR) is 117 cm³/mol. The van der Waals surface area contributed by atoms with E-state index >= 15 is 0 Å². The van der Waals surface area contributed by atoms with Gasteiger partial charge in [-0.05, 0) is 49.2 Å². The topological polar surface area (TPSA) is 104 Å². The molecule has 4 nitrogen and oxygen atoms in total. The summed E-state index contributed by atoms with van der Waals surface area (Å²) in [5.74, 6) is 0. The zero-order chi connectivity index (χ0) is 19.7. The molecule has 138 valence electrons. The van der Waals surface area contributed by atoms with Crippen LogP contribution in [0.5, 0.6) is 0 Å². The summed E-state index contributed by atoms with van der Waals surface area (Å²) in [6, 6.07) is 19.1. The third-order valence-electron chi connectivity index (χ3n) is 4.08. The molecule has 0 fully saturated rings. The van der Waals surface area contributed by atoms with Gasteiger partial charge >= 0.3 is 0 Å². The lowest BCUT2D eigenvalue weighted by molar-refractivity contribution is 1.35. The summed E-state index contributed by atoms with van der Waals surface area (Å²) in [6.45, 7) is 7.95. The Bertz CT molecular complexity index is 771. The average molecular weight is 351 g/mol. The molecule has 0 bridgehead atoms. The molecule has 0 atom stereocenters. The van der Waals surface area contributed by atoms with Crippen LogP contribution < -0.4 is 22.9 Å². The van der Waals surface area contributed by atoms with Crippen LogP contribution in [0.2, 0.25) is 0 Å². The smallest absolute Gasteiger partial charge is 0.0394 e. The van der Waals surface area contributed by atoms with Crippen molar-refractivity contribution in [2.75, 3.05) is 22.9 Å². The number of nitrogens with two attached hydrogens (primary N) is 4. The van der Waals surface area contributed by atoms with Crippen LogP contribution in [0.1, 0.15) is 25.0 Å². The highest BCUT2D eigenvalue weighted by molar-refractivity contribution is 5.83. The van der Waals surface area contributed by atoms with Gasteiger partial charge in [0.1, 0.15) is 0 Å². The largest absolute Gasteiger partial charge is 0.399 e. The first-order chi connectivity index (χ1) is 12.4. The van der Waals surface area contributed by atoms with Crippen molar-refractivity contribution in [3.8, 4) is 11.1 Å². The lowest BCUT2D eigenvalue weighted by Crippen LogP contribution is -1.96. The highest BCUT2D eigenvalue weighted by atomic mass is 14.6. The van der Waals surface area contributed by atoms with E-state index in [1.54, 1.807) is 0 Å². The molecule has 0 aliphatic rings. The Balaban J connectivity index is 0.000000249. The van der Waals surface area contributed by atoms with Crippen molar-refractivity contribution in [3.63, 3.8) is 0 Å². The molecule has 0 aromatic heterocycles. The summed E-state index contributed by atoms with van der Waals surface area (Å²) in [5.41, 5.74) is 30.3. The molecular weight excluding hydrogens is 320 g/mol. The minimum atomic E-state index is 0.755. The number of benzene rings is 3. The van der Waals surface area contributed by atoms with Crippen LogP contribution in [0.15, 0.2) is 60.7 Å². The molecular formula is C22H30N4. The average Bonchev–Trinajstić information content (AvgIpc) is 2.66. The van der Waals surface area contributed by atoms with Crippen molar-refractivity contribution in [2.24, 2.45) is 0 Å². The van der Waals surface area contributed by atoms with Crippen LogP contribution in [-0.2, 0) is 0 Å². The molecule has 0 saturated heterocycles. The van der Waals surface area contributed by atoms with Crippen molar-refractivity contribution in [2.45, 2.75) is 27.7 Å². The molecule has 0 heterocycles. The number of anilines is 4. The molecule has 26 heavy (non-hydrogen) atoms. The number of rotatable bonds is 1. The summed E-state index contributed by atoms with van der Waals surface area (Å²) in [5, 5.41) is 0. The van der Waals surface area contributed by atoms with Crippen molar-refractivity contribution < 1.29 is 0 Å². The van der Waals surface area contributed by atoms with Crippen LogP contribution in [0.4, 0.5) is 22.7 Å². The molecule has 3 aromatic rings. The fourth-order valence-electron chi connectivity index (χ4n) is 2.35. The summed E-state index contributed by atoms with van der Waals surface area (Å²) in [4.78, 5) is 0. The van der Waals surface area contributed by atoms with E-state index in [9.17, 15) is 0 Å². The summed E-state index contributed by atoms with van der Waals surface area (Å²) in [6.07, 6.45) is 0. The first-order valence-corrected chi connectivity index (χ1v) is 8.72. The number of para-hydroxylation sites is 2. The Labute approximate surface area is 156 Å². The highest BCUT2D eigenvalue weighted by Gasteiger charge is 2.03. The van der Waals surface area contributed by atoms with Crippen LogP contribution >= 0.6 is 0 Å². The zero-order valence-corrected chi connectivity index (χ0v) is 16.1. The summed E-state index contributed by atoms with van der Waals surface area (Å²) in [7, 11) is 0. The molecule has 0 saturated carbocycles. The lowest BCUT2D eigenvalue weighted by atomic mass is 10.0. The standard InChI is InChI=1S/C12H12N2.C8H12N2.C2H6/c13-11-7-3-1-5-9(11)10-6-2-4-8-12(10)14;1-5-6(2)8(10)4-3-7(5)9;1-2/h1-8H,13-14H2;3-4H,9-10H2,1-2H3;1-2H3. The van der Waals surface area contributed by atoms with Gasteiger partial charge in [0.05, 0.1) is 0 Å². The van der Waals surface area contributed by atoms with E-state index in [0.29, 0.717) is 0 Å². The third kappa shape index (κ3) is 5.18. The predicted octanol–water partition coefficient (Wildman–Crippen LogP) is 5.01. The quantitative estimate of drug-likeness (QED) is 0.463. The summed E-state index contributed by atoms with van der Waals surface area (Å²) < 4.78 is 0. The zero-order valence-electron chi connectivity index (χ0n) is 16.1. The molecule has 0 radical (unpaired) electrons. The molecule has 0 unspecified atom stereocenters. The highest BCUT2D eigenvalue weighted by Crippen LogP contribution is 2.29. The Morgan fingerprint density at radius 3 is 1.08 bits per heavy atom. The van der Waals surface area contributed by atoms with Gasteiger partial charge in [-0.15, -0.1) is 0 Å². The minimum Gasteiger partial charge on any atom is -0.399 e. The van der Waals surface area contributed by atoms with Crippen molar-refractivity contribution in [3.05, 3.63) is 71.8 Å². The van der Waals surface area contributed by atoms with Gasteiger partial charge in [-0.2, -0.15) is 0 Å². The van der Waals surface area contributed by atoms with E-state index in [1.807, 2.05) is 88.4 Å². The van der Waals surface area contributed by atoms with Gasteiger partial charge < -0.3 is 22.9 Å². The molecule has 4 heteroatoms. The maximum atomic E-state index is 5.87. The van der Waals surface area contributed by atoms with Crippen LogP contribution in [0.25, 0.3) is 11.1 Å². The van der Waals surface area contributed by atoms with E-state index < -0.39 is 0 Å². The third-order valence-corrected chi connectivity index (χ3v) is 4.08. The normalized spacial score (nSPS) is 9.38. The molecule has 3 rings (SSSR count). The first-order valence-electron chi connectivity index (χ1n) is 8.72. The van der Waals surface area contributed by atoms with E-state index in [2.05, 4.69) is 0 Å². The molecule has 0 spiro atoms. The van der Waals surface area contributed by atoms with E-state index in [1.165, 1.54) is 0 Å². The van der Waals surface area contributed by atoms with Gasteiger partial charge in [-0.25, -0.2) is 0 Å². The molecule has 3 aromatic carbocycles. The second-order valence-electron chi connectivity index (χ2n) is 5.67. The fourth-order valence-corrected chi connectivity index (χ4v) is 2.35. The van der Waals surface area contributed by atoms with Gasteiger partial charge in [0.2, 0.25) is 0 Å². The van der Waals surface area contributed by atoms with Crippen molar-refractivity contribution in [1.82, 2.24) is 0 Å². The van der Waals surface area contributed by atoms with Crippen LogP contribution in [0.3, 0.4) is 0 Å². The van der Waals surface area contributed by atoms with Crippen molar-refractivity contribution in [1.29, 1.82) is 0 Å². The SMILES string of the molecule is CC.Cc1c(N)ccc(N)c1C.Nc1ccccc1-c1ccccc1N. The van der Waals surface area contributed by atoms with Gasteiger partial charge in [-0.1, -0.05) is 50.2 Å². The van der Waals surface area contributed by atoms with Gasteiger partial charge in [0.15, 0.2) is 0 Å². The van der Waals surface area contributed by atoms with E-state index in [0.717, 1.165) is 45.0 Å². The molecule has 0 aliphatic heterocycles. The second-order valence-corrected chi connectivity index (χ2v) is 5.67. The first kappa shape index (κ1) is 20.9. The number of nitrogen functional groups attached to an aromatic ring is 4. The number of hydrogen-bond acceptors (Lipinski definition) is 4. The van der Waals surface area contributed by atoms with Crippen LogP contribution in [-0.4, -0.2) is 0 Å². The van der Waals surface area contributed by atoms with Gasteiger partial charge in [0, 0.05) is 33.9 Å². The Hall–Kier alpha value is -3.14. The number of hydrogen-bond donors (Lipinski definition) is 4. The monoisotopic (exact) mass is 350 g/mol. The van der Waals surface area contributed by atoms with Crippen LogP contribution in [0, 0.1) is 13.8 Å². The minimum absolute atomic E-state index is 0.755. The van der Waals surface area contributed by atoms with Crippen molar-refractivity contribution >= 4 is 22.7 Å². The molecule has 0 aliphatic carbocycles. The Kier molecular flexibility index (Phi) is 8.03. The fraction of sp³-hybridized carbons (Fsp3) is 0.182. The van der Waals surface area contributed by atoms with Gasteiger partial charge in [-0.3, -0.25) is 0 Å². The van der Waals surface area contributed by atoms with Gasteiger partial charge in [0.25, 0.3) is 0 Å². The van der Waals surface area contributed by atoms with E-state index in [-0.39, 0.29) is 0 Å². The molecule has 0 amide bonds. The maximum absolute atomic E-state index is 5.87. The van der Waals surface area contributed by atoms with E-state index in [4.69, 9.17) is 22.9 Å². The second kappa shape index (κ2) is 9.99.